The van der Waals surface area contributed by atoms with Gasteiger partial charge >= 0.3 is 0 Å². The molecule has 0 unspecified atom stereocenters. The van der Waals surface area contributed by atoms with Crippen molar-refractivity contribution < 1.29 is 9.21 Å². The third-order valence-electron chi connectivity index (χ3n) is 2.84. The highest BCUT2D eigenvalue weighted by Gasteiger charge is 2.08. The Morgan fingerprint density at radius 3 is 2.41 bits per heavy atom. The van der Waals surface area contributed by atoms with Crippen molar-refractivity contribution in [3.63, 3.8) is 0 Å². The normalized spacial score (nSPS) is 10.8. The Labute approximate surface area is 101 Å². The molecule has 0 amide bonds. The van der Waals surface area contributed by atoms with Crippen LogP contribution in [0.1, 0.15) is 41.3 Å². The molecule has 0 N–H and O–H groups in total. The molecular formula is C15H16O2. The van der Waals surface area contributed by atoms with Crippen molar-refractivity contribution >= 4 is 5.78 Å². The third kappa shape index (κ3) is 2.84. The van der Waals surface area contributed by atoms with Crippen LogP contribution in [0.15, 0.2) is 47.3 Å². The van der Waals surface area contributed by atoms with E-state index >= 15 is 0 Å². The second-order valence-electron chi connectivity index (χ2n) is 4.51. The summed E-state index contributed by atoms with van der Waals surface area (Å²) in [7, 11) is 0. The van der Waals surface area contributed by atoms with Crippen LogP contribution in [-0.2, 0) is 6.42 Å². The Balaban J connectivity index is 2.09. The predicted molar refractivity (Wildman–Crippen MR) is 67.3 cm³/mol. The van der Waals surface area contributed by atoms with Gasteiger partial charge in [-0.1, -0.05) is 38.1 Å². The molecule has 17 heavy (non-hydrogen) atoms. The lowest BCUT2D eigenvalue weighted by Crippen LogP contribution is -2.03. The lowest BCUT2D eigenvalue weighted by molar-refractivity contribution is 0.0992. The minimum absolute atomic E-state index is 0.127. The highest BCUT2D eigenvalue weighted by atomic mass is 16.3. The first kappa shape index (κ1) is 11.6. The number of furan rings is 1. The van der Waals surface area contributed by atoms with Crippen LogP contribution in [0.4, 0.5) is 0 Å². The first-order chi connectivity index (χ1) is 8.16. The summed E-state index contributed by atoms with van der Waals surface area (Å²) in [6, 6.07) is 9.66. The number of ketones is 1. The lowest BCUT2D eigenvalue weighted by atomic mass is 9.99. The maximum atomic E-state index is 12.0. The van der Waals surface area contributed by atoms with Gasteiger partial charge in [0.15, 0.2) is 5.78 Å². The highest BCUT2D eigenvalue weighted by Crippen LogP contribution is 2.16. The summed E-state index contributed by atoms with van der Waals surface area (Å²) in [5.74, 6) is 0.620. The van der Waals surface area contributed by atoms with Crippen molar-refractivity contribution in [2.45, 2.75) is 26.2 Å². The molecule has 0 saturated heterocycles. The van der Waals surface area contributed by atoms with E-state index in [0.717, 1.165) is 11.1 Å². The summed E-state index contributed by atoms with van der Waals surface area (Å²) >= 11 is 0. The van der Waals surface area contributed by atoms with Crippen LogP contribution in [0.2, 0.25) is 0 Å². The maximum absolute atomic E-state index is 12.0. The van der Waals surface area contributed by atoms with Crippen molar-refractivity contribution in [1.29, 1.82) is 0 Å². The standard InChI is InChI=1S/C15H16O2/c1-11(2)13-3-5-14(6-4-13)15(16)9-12-7-8-17-10-12/h3-8,10-11H,9H2,1-2H3. The van der Waals surface area contributed by atoms with E-state index in [1.165, 1.54) is 5.56 Å². The van der Waals surface area contributed by atoms with Crippen LogP contribution in [0, 0.1) is 0 Å². The summed E-state index contributed by atoms with van der Waals surface area (Å²) in [5, 5.41) is 0. The smallest absolute Gasteiger partial charge is 0.167 e. The van der Waals surface area contributed by atoms with E-state index in [2.05, 4.69) is 13.8 Å². The number of carbonyl (C=O) groups excluding carboxylic acids is 1. The first-order valence-electron chi connectivity index (χ1n) is 5.81. The lowest BCUT2D eigenvalue weighted by Gasteiger charge is -2.05. The molecule has 0 atom stereocenters. The molecular weight excluding hydrogens is 212 g/mol. The van der Waals surface area contributed by atoms with Crippen LogP contribution in [0.3, 0.4) is 0 Å². The minimum Gasteiger partial charge on any atom is -0.472 e. The topological polar surface area (TPSA) is 30.2 Å². The molecule has 0 fully saturated rings. The number of hydrogen-bond donors (Lipinski definition) is 0. The first-order valence-corrected chi connectivity index (χ1v) is 5.81. The second-order valence-corrected chi connectivity index (χ2v) is 4.51. The van der Waals surface area contributed by atoms with E-state index in [1.807, 2.05) is 30.3 Å². The van der Waals surface area contributed by atoms with Gasteiger partial charge in [0.25, 0.3) is 0 Å². The van der Waals surface area contributed by atoms with Gasteiger partial charge in [0.2, 0.25) is 0 Å². The van der Waals surface area contributed by atoms with Gasteiger partial charge in [0, 0.05) is 12.0 Å². The van der Waals surface area contributed by atoms with Crippen molar-refractivity contribution in [3.05, 3.63) is 59.5 Å². The van der Waals surface area contributed by atoms with Crippen LogP contribution in [0.25, 0.3) is 0 Å². The van der Waals surface area contributed by atoms with Crippen molar-refractivity contribution in [2.75, 3.05) is 0 Å². The van der Waals surface area contributed by atoms with Gasteiger partial charge in [0.05, 0.1) is 12.5 Å². The van der Waals surface area contributed by atoms with Crippen molar-refractivity contribution in [1.82, 2.24) is 0 Å². The number of rotatable bonds is 4. The number of carbonyl (C=O) groups is 1. The Bertz CT molecular complexity index is 478. The molecule has 0 aliphatic carbocycles. The van der Waals surface area contributed by atoms with Crippen LogP contribution >= 0.6 is 0 Å². The Morgan fingerprint density at radius 1 is 1.18 bits per heavy atom. The quantitative estimate of drug-likeness (QED) is 0.744. The molecule has 1 heterocycles. The number of Topliss-reactive ketones (excluding diaryl/α,β-unsaturated/α-hetero) is 1. The van der Waals surface area contributed by atoms with Crippen molar-refractivity contribution in [2.24, 2.45) is 0 Å². The monoisotopic (exact) mass is 228 g/mol. The third-order valence-corrected chi connectivity index (χ3v) is 2.84. The molecule has 1 aromatic carbocycles. The van der Waals surface area contributed by atoms with Crippen LogP contribution < -0.4 is 0 Å². The number of hydrogen-bond acceptors (Lipinski definition) is 2. The summed E-state index contributed by atoms with van der Waals surface area (Å²) in [6.07, 6.45) is 3.60. The molecule has 2 nitrogen and oxygen atoms in total. The van der Waals surface area contributed by atoms with E-state index in [4.69, 9.17) is 4.42 Å². The zero-order chi connectivity index (χ0) is 12.3. The van der Waals surface area contributed by atoms with Gasteiger partial charge in [-0.05, 0) is 23.1 Å². The fourth-order valence-electron chi connectivity index (χ4n) is 1.73. The van der Waals surface area contributed by atoms with Crippen LogP contribution in [-0.4, -0.2) is 5.78 Å². The zero-order valence-electron chi connectivity index (χ0n) is 10.1. The maximum Gasteiger partial charge on any atom is 0.167 e. The van der Waals surface area contributed by atoms with E-state index in [1.54, 1.807) is 12.5 Å². The van der Waals surface area contributed by atoms with Crippen LogP contribution in [0.5, 0.6) is 0 Å². The predicted octanol–water partition coefficient (Wildman–Crippen LogP) is 3.83. The molecule has 0 radical (unpaired) electrons. The Kier molecular flexibility index (Phi) is 3.43. The summed E-state index contributed by atoms with van der Waals surface area (Å²) in [6.45, 7) is 4.28. The highest BCUT2D eigenvalue weighted by molar-refractivity contribution is 5.97. The average molecular weight is 228 g/mol. The van der Waals surface area contributed by atoms with E-state index < -0.39 is 0 Å². The van der Waals surface area contributed by atoms with E-state index in [-0.39, 0.29) is 5.78 Å². The molecule has 0 aliphatic heterocycles. The summed E-state index contributed by atoms with van der Waals surface area (Å²) in [5.41, 5.74) is 2.93. The van der Waals surface area contributed by atoms with Gasteiger partial charge < -0.3 is 4.42 Å². The van der Waals surface area contributed by atoms with Gasteiger partial charge in [-0.15, -0.1) is 0 Å². The largest absolute Gasteiger partial charge is 0.472 e. The molecule has 0 aliphatic rings. The Hall–Kier alpha value is -1.83. The molecule has 2 rings (SSSR count). The van der Waals surface area contributed by atoms with Gasteiger partial charge in [-0.3, -0.25) is 4.79 Å². The minimum atomic E-state index is 0.127. The van der Waals surface area contributed by atoms with E-state index in [0.29, 0.717) is 12.3 Å². The van der Waals surface area contributed by atoms with Crippen molar-refractivity contribution in [3.8, 4) is 0 Å². The molecule has 88 valence electrons. The van der Waals surface area contributed by atoms with Gasteiger partial charge in [-0.25, -0.2) is 0 Å². The molecule has 2 heteroatoms. The van der Waals surface area contributed by atoms with Gasteiger partial charge in [0.1, 0.15) is 0 Å². The second kappa shape index (κ2) is 5.00. The molecule has 2 aromatic rings. The molecule has 1 aromatic heterocycles. The molecule has 0 spiro atoms. The zero-order valence-corrected chi connectivity index (χ0v) is 10.1. The fraction of sp³-hybridized carbons (Fsp3) is 0.267. The SMILES string of the molecule is CC(C)c1ccc(C(=O)Cc2ccoc2)cc1. The summed E-state index contributed by atoms with van der Waals surface area (Å²) < 4.78 is 4.95. The van der Waals surface area contributed by atoms with Gasteiger partial charge in [-0.2, -0.15) is 0 Å². The molecule has 0 saturated carbocycles. The number of benzene rings is 1. The fourth-order valence-corrected chi connectivity index (χ4v) is 1.73. The Morgan fingerprint density at radius 2 is 1.88 bits per heavy atom. The summed E-state index contributed by atoms with van der Waals surface area (Å²) in [4.78, 5) is 12.0. The average Bonchev–Trinajstić information content (AvgIpc) is 2.82. The van der Waals surface area contributed by atoms with E-state index in [9.17, 15) is 4.79 Å². The molecule has 0 bridgehead atoms.